The first-order chi connectivity index (χ1) is 14.5. The first kappa shape index (κ1) is 21.7. The molecule has 6 heteroatoms. The minimum Gasteiger partial charge on any atom is -0.339 e. The zero-order valence-electron chi connectivity index (χ0n) is 17.9. The van der Waals surface area contributed by atoms with E-state index in [0.717, 1.165) is 17.0 Å². The monoisotopic (exact) mass is 421 g/mol. The van der Waals surface area contributed by atoms with Gasteiger partial charge in [0.05, 0.1) is 5.69 Å². The number of thiazole rings is 1. The first-order valence-electron chi connectivity index (χ1n) is 10.2. The van der Waals surface area contributed by atoms with Crippen molar-refractivity contribution in [2.45, 2.75) is 34.1 Å². The zero-order chi connectivity index (χ0) is 21.7. The van der Waals surface area contributed by atoms with E-state index < -0.39 is 0 Å². The number of amides is 2. The van der Waals surface area contributed by atoms with E-state index in [-0.39, 0.29) is 11.8 Å². The maximum absolute atomic E-state index is 12.8. The summed E-state index contributed by atoms with van der Waals surface area (Å²) in [5.74, 6) is -0.195. The van der Waals surface area contributed by atoms with Crippen LogP contribution in [0.1, 0.15) is 52.1 Å². The summed E-state index contributed by atoms with van der Waals surface area (Å²) in [5, 5.41) is 3.75. The molecule has 3 aromatic rings. The van der Waals surface area contributed by atoms with E-state index in [9.17, 15) is 9.59 Å². The van der Waals surface area contributed by atoms with Gasteiger partial charge in [-0.1, -0.05) is 31.2 Å². The fourth-order valence-corrected chi connectivity index (χ4v) is 4.16. The van der Waals surface area contributed by atoms with Crippen molar-refractivity contribution in [3.63, 3.8) is 0 Å². The van der Waals surface area contributed by atoms with Gasteiger partial charge in [0.2, 0.25) is 0 Å². The summed E-state index contributed by atoms with van der Waals surface area (Å²) >= 11 is 1.39. The highest BCUT2D eigenvalue weighted by Gasteiger charge is 2.17. The number of hydrogen-bond acceptors (Lipinski definition) is 4. The Kier molecular flexibility index (Phi) is 7.00. The van der Waals surface area contributed by atoms with E-state index in [1.54, 1.807) is 29.2 Å². The van der Waals surface area contributed by atoms with Crippen molar-refractivity contribution in [3.05, 3.63) is 70.2 Å². The second kappa shape index (κ2) is 9.67. The molecule has 2 aromatic carbocycles. The number of carbonyl (C=O) groups excluding carboxylic acids is 2. The van der Waals surface area contributed by atoms with Crippen molar-refractivity contribution >= 4 is 28.8 Å². The molecule has 2 amide bonds. The van der Waals surface area contributed by atoms with Crippen molar-refractivity contribution in [1.82, 2.24) is 9.88 Å². The first-order valence-corrected chi connectivity index (χ1v) is 11.1. The van der Waals surface area contributed by atoms with Gasteiger partial charge in [-0.05, 0) is 57.0 Å². The molecule has 0 saturated carbocycles. The average molecular weight is 422 g/mol. The van der Waals surface area contributed by atoms with Crippen molar-refractivity contribution < 1.29 is 9.59 Å². The molecule has 5 nitrogen and oxygen atoms in total. The zero-order valence-corrected chi connectivity index (χ0v) is 18.7. The van der Waals surface area contributed by atoms with Gasteiger partial charge in [0, 0.05) is 29.9 Å². The van der Waals surface area contributed by atoms with Gasteiger partial charge in [-0.25, -0.2) is 4.98 Å². The lowest BCUT2D eigenvalue weighted by molar-refractivity contribution is 0.0773. The predicted octanol–water partition coefficient (Wildman–Crippen LogP) is 5.42. The molecule has 0 spiro atoms. The molecule has 0 aliphatic heterocycles. The van der Waals surface area contributed by atoms with Gasteiger partial charge in [0.1, 0.15) is 9.88 Å². The van der Waals surface area contributed by atoms with Crippen LogP contribution in [0.5, 0.6) is 0 Å². The molecule has 3 rings (SSSR count). The Labute approximate surface area is 181 Å². The Morgan fingerprint density at radius 2 is 1.60 bits per heavy atom. The highest BCUT2D eigenvalue weighted by Crippen LogP contribution is 2.29. The Balaban J connectivity index is 1.73. The van der Waals surface area contributed by atoms with Crippen LogP contribution in [0.2, 0.25) is 0 Å². The molecule has 0 unspecified atom stereocenters. The van der Waals surface area contributed by atoms with Gasteiger partial charge in [0.25, 0.3) is 11.8 Å². The van der Waals surface area contributed by atoms with Gasteiger partial charge >= 0.3 is 0 Å². The van der Waals surface area contributed by atoms with Crippen LogP contribution in [-0.4, -0.2) is 34.8 Å². The summed E-state index contributed by atoms with van der Waals surface area (Å²) in [6.45, 7) is 9.22. The lowest BCUT2D eigenvalue weighted by Crippen LogP contribution is -2.30. The van der Waals surface area contributed by atoms with E-state index in [2.05, 4.69) is 29.4 Å². The van der Waals surface area contributed by atoms with Crippen molar-refractivity contribution in [2.75, 3.05) is 18.4 Å². The van der Waals surface area contributed by atoms with Crippen LogP contribution < -0.4 is 5.32 Å². The van der Waals surface area contributed by atoms with E-state index >= 15 is 0 Å². The number of nitrogens with one attached hydrogen (secondary N) is 1. The maximum atomic E-state index is 12.8. The maximum Gasteiger partial charge on any atom is 0.267 e. The minimum atomic E-state index is -0.191. The van der Waals surface area contributed by atoms with Crippen LogP contribution in [0.3, 0.4) is 0 Å². The number of anilines is 1. The smallest absolute Gasteiger partial charge is 0.267 e. The molecule has 1 aromatic heterocycles. The van der Waals surface area contributed by atoms with Crippen molar-refractivity contribution in [2.24, 2.45) is 0 Å². The third-order valence-corrected chi connectivity index (χ3v) is 6.26. The molecule has 0 fully saturated rings. The summed E-state index contributed by atoms with van der Waals surface area (Å²) in [6.07, 6.45) is 0.990. The molecule has 0 aliphatic carbocycles. The normalized spacial score (nSPS) is 10.7. The third kappa shape index (κ3) is 4.76. The Bertz CT molecular complexity index is 1020. The molecule has 156 valence electrons. The Morgan fingerprint density at radius 1 is 0.967 bits per heavy atom. The molecule has 0 saturated heterocycles. The lowest BCUT2D eigenvalue weighted by atomic mass is 10.1. The molecular weight excluding hydrogens is 394 g/mol. The van der Waals surface area contributed by atoms with Crippen LogP contribution in [0.25, 0.3) is 10.6 Å². The van der Waals surface area contributed by atoms with E-state index in [1.807, 2.05) is 32.9 Å². The van der Waals surface area contributed by atoms with Crippen molar-refractivity contribution in [1.29, 1.82) is 0 Å². The van der Waals surface area contributed by atoms with E-state index in [1.165, 1.54) is 16.9 Å². The topological polar surface area (TPSA) is 62.3 Å². The van der Waals surface area contributed by atoms with Crippen LogP contribution >= 0.6 is 11.3 Å². The van der Waals surface area contributed by atoms with E-state index in [4.69, 9.17) is 0 Å². The quantitative estimate of drug-likeness (QED) is 0.554. The molecule has 1 N–H and O–H groups in total. The van der Waals surface area contributed by atoms with Crippen LogP contribution in [0.15, 0.2) is 48.5 Å². The lowest BCUT2D eigenvalue weighted by Gasteiger charge is -2.18. The molecule has 1 heterocycles. The number of carbonyl (C=O) groups is 2. The number of nitrogens with zero attached hydrogens (tertiary/aromatic N) is 2. The summed E-state index contributed by atoms with van der Waals surface area (Å²) < 4.78 is 0. The van der Waals surface area contributed by atoms with Crippen LogP contribution in [0, 0.1) is 6.92 Å². The molecule has 0 radical (unpaired) electrons. The molecule has 30 heavy (non-hydrogen) atoms. The number of aromatic nitrogens is 1. The summed E-state index contributed by atoms with van der Waals surface area (Å²) in [5.41, 5.74) is 4.26. The highest BCUT2D eigenvalue weighted by atomic mass is 32.1. The average Bonchev–Trinajstić information content (AvgIpc) is 3.17. The fourth-order valence-electron chi connectivity index (χ4n) is 3.19. The Hall–Kier alpha value is -2.99. The largest absolute Gasteiger partial charge is 0.339 e. The summed E-state index contributed by atoms with van der Waals surface area (Å²) in [4.78, 5) is 32.1. The Morgan fingerprint density at radius 3 is 2.17 bits per heavy atom. The van der Waals surface area contributed by atoms with Crippen LogP contribution in [0.4, 0.5) is 5.69 Å². The van der Waals surface area contributed by atoms with Gasteiger partial charge in [-0.3, -0.25) is 9.59 Å². The van der Waals surface area contributed by atoms with Gasteiger partial charge < -0.3 is 10.2 Å². The third-order valence-electron chi connectivity index (χ3n) is 5.05. The van der Waals surface area contributed by atoms with E-state index in [0.29, 0.717) is 34.9 Å². The van der Waals surface area contributed by atoms with Crippen LogP contribution in [-0.2, 0) is 6.42 Å². The summed E-state index contributed by atoms with van der Waals surface area (Å²) in [7, 11) is 0. The number of aryl methyl sites for hydroxylation is 2. The van der Waals surface area contributed by atoms with Crippen molar-refractivity contribution in [3.8, 4) is 10.6 Å². The predicted molar refractivity (Wildman–Crippen MR) is 123 cm³/mol. The number of rotatable bonds is 7. The van der Waals surface area contributed by atoms with Gasteiger partial charge in [-0.15, -0.1) is 11.3 Å². The minimum absolute atomic E-state index is 0.00471. The highest BCUT2D eigenvalue weighted by molar-refractivity contribution is 7.17. The van der Waals surface area contributed by atoms with Gasteiger partial charge in [0.15, 0.2) is 0 Å². The molecule has 0 atom stereocenters. The SMILES string of the molecule is CCc1ccc(-c2nc(C)c(C(=O)Nc3ccc(C(=O)N(CC)CC)cc3)s2)cc1. The molecule has 0 bridgehead atoms. The second-order valence-corrected chi connectivity index (χ2v) is 7.99. The van der Waals surface area contributed by atoms with Gasteiger partial charge in [-0.2, -0.15) is 0 Å². The molecule has 0 aliphatic rings. The number of hydrogen-bond donors (Lipinski definition) is 1. The number of benzene rings is 2. The second-order valence-electron chi connectivity index (χ2n) is 6.99. The fraction of sp³-hybridized carbons (Fsp3) is 0.292. The standard InChI is InChI=1S/C24H27N3O2S/c1-5-17-8-10-18(11-9-17)23-25-16(4)21(30-23)22(28)26-20-14-12-19(13-15-20)24(29)27(6-2)7-3/h8-15H,5-7H2,1-4H3,(H,26,28). The summed E-state index contributed by atoms with van der Waals surface area (Å²) in [6, 6.07) is 15.3. The molecular formula is C24H27N3O2S.